The van der Waals surface area contributed by atoms with E-state index in [1.807, 2.05) is 26.0 Å². The maximum Gasteiger partial charge on any atom is 0.131 e. The second-order valence-corrected chi connectivity index (χ2v) is 6.06. The van der Waals surface area contributed by atoms with Crippen LogP contribution in [-0.2, 0) is 11.1 Å². The third-order valence-electron chi connectivity index (χ3n) is 2.79. The van der Waals surface area contributed by atoms with Crippen LogP contribution >= 0.6 is 15.9 Å². The first-order valence-electron chi connectivity index (χ1n) is 5.29. The minimum Gasteiger partial charge on any atom is -0.395 e. The van der Waals surface area contributed by atoms with Gasteiger partial charge in [-0.1, -0.05) is 41.9 Å². The maximum atomic E-state index is 13.8. The molecule has 1 nitrogen and oxygen atoms in total. The highest BCUT2D eigenvalue weighted by atomic mass is 79.9. The molecule has 0 radical (unpaired) electrons. The van der Waals surface area contributed by atoms with Crippen molar-refractivity contribution in [3.05, 3.63) is 33.8 Å². The molecule has 1 rings (SSSR count). The van der Waals surface area contributed by atoms with Gasteiger partial charge in [0.1, 0.15) is 5.67 Å². The van der Waals surface area contributed by atoms with Crippen LogP contribution in [0.5, 0.6) is 0 Å². The van der Waals surface area contributed by atoms with Crippen LogP contribution in [0.3, 0.4) is 0 Å². The van der Waals surface area contributed by atoms with Crippen molar-refractivity contribution in [2.24, 2.45) is 0 Å². The quantitative estimate of drug-likeness (QED) is 0.894. The molecule has 0 aliphatic carbocycles. The van der Waals surface area contributed by atoms with Gasteiger partial charge in [0.05, 0.1) is 6.61 Å². The summed E-state index contributed by atoms with van der Waals surface area (Å²) in [6.07, 6.45) is 0. The Hall–Kier alpha value is -0.410. The van der Waals surface area contributed by atoms with Gasteiger partial charge in [0, 0.05) is 15.5 Å². The molecule has 1 aromatic rings. The smallest absolute Gasteiger partial charge is 0.131 e. The highest BCUT2D eigenvalue weighted by molar-refractivity contribution is 9.10. The van der Waals surface area contributed by atoms with Crippen molar-refractivity contribution in [1.82, 2.24) is 0 Å². The molecule has 90 valence electrons. The molecule has 1 N–H and O–H groups in total. The van der Waals surface area contributed by atoms with Gasteiger partial charge in [-0.2, -0.15) is 0 Å². The van der Waals surface area contributed by atoms with E-state index < -0.39 is 5.67 Å². The number of rotatable bonds is 3. The lowest BCUT2D eigenvalue weighted by molar-refractivity contribution is 0.215. The highest BCUT2D eigenvalue weighted by Gasteiger charge is 2.25. The molecule has 0 amide bonds. The second kappa shape index (κ2) is 4.46. The van der Waals surface area contributed by atoms with Crippen molar-refractivity contribution in [3.8, 4) is 0 Å². The minimum absolute atomic E-state index is 0.0673. The van der Waals surface area contributed by atoms with E-state index in [0.717, 1.165) is 10.0 Å². The van der Waals surface area contributed by atoms with E-state index in [4.69, 9.17) is 0 Å². The highest BCUT2D eigenvalue weighted by Crippen LogP contribution is 2.34. The molecule has 16 heavy (non-hydrogen) atoms. The number of hydrogen-bond donors (Lipinski definition) is 1. The fourth-order valence-electron chi connectivity index (χ4n) is 1.51. The van der Waals surface area contributed by atoms with Crippen molar-refractivity contribution in [3.63, 3.8) is 0 Å². The van der Waals surface area contributed by atoms with Gasteiger partial charge in [0.15, 0.2) is 0 Å². The summed E-state index contributed by atoms with van der Waals surface area (Å²) in [4.78, 5) is 0. The van der Waals surface area contributed by atoms with Gasteiger partial charge in [0.25, 0.3) is 0 Å². The summed E-state index contributed by atoms with van der Waals surface area (Å²) in [5.74, 6) is 0. The van der Waals surface area contributed by atoms with Crippen molar-refractivity contribution in [1.29, 1.82) is 0 Å². The summed E-state index contributed by atoms with van der Waals surface area (Å²) in [5.41, 5.74) is -0.0396. The number of aliphatic hydroxyl groups is 1. The molecule has 0 aromatic heterocycles. The first-order chi connectivity index (χ1) is 7.18. The molecule has 0 aliphatic rings. The van der Waals surface area contributed by atoms with Gasteiger partial charge < -0.3 is 5.11 Å². The van der Waals surface area contributed by atoms with Gasteiger partial charge in [-0.05, 0) is 25.5 Å². The zero-order valence-electron chi connectivity index (χ0n) is 10.1. The van der Waals surface area contributed by atoms with E-state index in [1.54, 1.807) is 6.07 Å². The Morgan fingerprint density at radius 2 is 1.81 bits per heavy atom. The molecule has 0 spiro atoms. The lowest BCUT2D eigenvalue weighted by Gasteiger charge is -2.24. The Bertz CT molecular complexity index is 380. The minimum atomic E-state index is -1.36. The van der Waals surface area contributed by atoms with Crippen molar-refractivity contribution < 1.29 is 9.50 Å². The number of halogens is 2. The Morgan fingerprint density at radius 1 is 1.25 bits per heavy atom. The molecule has 0 unspecified atom stereocenters. The monoisotopic (exact) mass is 288 g/mol. The summed E-state index contributed by atoms with van der Waals surface area (Å²) < 4.78 is 14.6. The lowest BCUT2D eigenvalue weighted by Crippen LogP contribution is -2.22. The van der Waals surface area contributed by atoms with Crippen LogP contribution in [0.4, 0.5) is 4.39 Å². The third kappa shape index (κ3) is 2.83. The van der Waals surface area contributed by atoms with E-state index in [0.29, 0.717) is 5.56 Å². The Morgan fingerprint density at radius 3 is 2.19 bits per heavy atom. The topological polar surface area (TPSA) is 20.2 Å². The molecule has 0 bridgehead atoms. The number of alkyl halides is 1. The summed E-state index contributed by atoms with van der Waals surface area (Å²) >= 11 is 3.38. The second-order valence-electron chi connectivity index (χ2n) is 5.21. The summed E-state index contributed by atoms with van der Waals surface area (Å²) in [6.45, 7) is 7.04. The van der Waals surface area contributed by atoms with Gasteiger partial charge in [-0.15, -0.1) is 0 Å². The molecular formula is C13H18BrFO. The van der Waals surface area contributed by atoms with Gasteiger partial charge in [-0.25, -0.2) is 4.39 Å². The first kappa shape index (κ1) is 13.7. The van der Waals surface area contributed by atoms with E-state index in [-0.39, 0.29) is 12.0 Å². The van der Waals surface area contributed by atoms with Gasteiger partial charge in [0.2, 0.25) is 0 Å². The van der Waals surface area contributed by atoms with Crippen LogP contribution in [0.25, 0.3) is 0 Å². The van der Waals surface area contributed by atoms with Crippen LogP contribution in [-0.4, -0.2) is 11.7 Å². The zero-order valence-corrected chi connectivity index (χ0v) is 11.7. The van der Waals surface area contributed by atoms with E-state index >= 15 is 0 Å². The Labute approximate surface area is 105 Å². The fourth-order valence-corrected chi connectivity index (χ4v) is 2.36. The Kier molecular flexibility index (Phi) is 3.80. The molecule has 3 heteroatoms. The van der Waals surface area contributed by atoms with Gasteiger partial charge in [-0.3, -0.25) is 0 Å². The molecule has 0 saturated carbocycles. The third-order valence-corrected chi connectivity index (χ3v) is 3.44. The molecule has 0 aliphatic heterocycles. The predicted octanol–water partition coefficient (Wildman–Crippen LogP) is 3.92. The molecule has 0 fully saturated rings. The fraction of sp³-hybridized carbons (Fsp3) is 0.538. The summed E-state index contributed by atoms with van der Waals surface area (Å²) in [5, 5.41) is 9.28. The lowest BCUT2D eigenvalue weighted by atomic mass is 9.84. The zero-order chi connectivity index (χ0) is 12.6. The molecular weight excluding hydrogens is 271 g/mol. The van der Waals surface area contributed by atoms with E-state index in [2.05, 4.69) is 15.9 Å². The average molecular weight is 289 g/mol. The normalized spacial score (nSPS) is 12.9. The number of benzene rings is 1. The largest absolute Gasteiger partial charge is 0.395 e. The van der Waals surface area contributed by atoms with Crippen molar-refractivity contribution in [2.75, 3.05) is 6.61 Å². The number of hydrogen-bond acceptors (Lipinski definition) is 1. The van der Waals surface area contributed by atoms with E-state index in [9.17, 15) is 9.50 Å². The molecule has 0 saturated heterocycles. The van der Waals surface area contributed by atoms with Crippen LogP contribution in [0.1, 0.15) is 38.8 Å². The van der Waals surface area contributed by atoms with Crippen LogP contribution in [0, 0.1) is 0 Å². The Balaban J connectivity index is 3.20. The van der Waals surface area contributed by atoms with Crippen LogP contribution in [0.15, 0.2) is 22.7 Å². The number of aliphatic hydroxyl groups excluding tert-OH is 1. The van der Waals surface area contributed by atoms with Crippen LogP contribution in [0.2, 0.25) is 0 Å². The SMILES string of the molecule is CC(C)(F)c1ccc(C(C)(C)CO)cc1Br. The first-order valence-corrected chi connectivity index (χ1v) is 6.08. The summed E-state index contributed by atoms with van der Waals surface area (Å²) in [7, 11) is 0. The van der Waals surface area contributed by atoms with E-state index in [1.165, 1.54) is 13.8 Å². The van der Waals surface area contributed by atoms with Crippen LogP contribution < -0.4 is 0 Å². The van der Waals surface area contributed by atoms with Crippen molar-refractivity contribution >= 4 is 15.9 Å². The van der Waals surface area contributed by atoms with Gasteiger partial charge >= 0.3 is 0 Å². The molecule has 0 heterocycles. The average Bonchev–Trinajstić information content (AvgIpc) is 2.15. The summed E-state index contributed by atoms with van der Waals surface area (Å²) in [6, 6.07) is 5.53. The standard InChI is InChI=1S/C13H18BrFO/c1-12(2,8-16)9-5-6-10(11(14)7-9)13(3,4)15/h5-7,16H,8H2,1-4H3. The maximum absolute atomic E-state index is 13.8. The predicted molar refractivity (Wildman–Crippen MR) is 68.4 cm³/mol. The molecule has 1 aromatic carbocycles. The molecule has 0 atom stereocenters. The van der Waals surface area contributed by atoms with Crippen molar-refractivity contribution in [2.45, 2.75) is 38.8 Å².